The molecule has 1 amide bonds. The highest BCUT2D eigenvalue weighted by Gasteiger charge is 2.11. The van der Waals surface area contributed by atoms with Crippen LogP contribution in [-0.4, -0.2) is 23.6 Å². The number of aromatic carboxylic acids is 1. The lowest BCUT2D eigenvalue weighted by Gasteiger charge is -2.12. The van der Waals surface area contributed by atoms with Gasteiger partial charge >= 0.3 is 5.97 Å². The summed E-state index contributed by atoms with van der Waals surface area (Å²) in [6.45, 7) is 4.86. The Morgan fingerprint density at radius 3 is 2.60 bits per heavy atom. The Morgan fingerprint density at radius 2 is 1.88 bits per heavy atom. The fourth-order valence-electron chi connectivity index (χ4n) is 2.58. The molecule has 2 N–H and O–H groups in total. The summed E-state index contributed by atoms with van der Waals surface area (Å²) in [6.07, 6.45) is 0.626. The molecule has 5 nitrogen and oxygen atoms in total. The topological polar surface area (TPSA) is 75.6 Å². The molecule has 0 spiro atoms. The van der Waals surface area contributed by atoms with E-state index in [9.17, 15) is 14.7 Å². The van der Waals surface area contributed by atoms with Crippen LogP contribution in [0.2, 0.25) is 0 Å². The maximum absolute atomic E-state index is 12.1. The summed E-state index contributed by atoms with van der Waals surface area (Å²) in [5, 5.41) is 12.0. The molecule has 0 heterocycles. The lowest BCUT2D eigenvalue weighted by Crippen LogP contribution is -2.23. The van der Waals surface area contributed by atoms with E-state index in [4.69, 9.17) is 4.74 Å². The third kappa shape index (κ3) is 5.35. The SMILES string of the molecule is CCOc1cc(C)ccc1CNC(=O)CCc1ccccc1C(=O)O. The molecule has 132 valence electrons. The van der Waals surface area contributed by atoms with Crippen molar-refractivity contribution in [2.45, 2.75) is 33.2 Å². The van der Waals surface area contributed by atoms with Crippen LogP contribution in [0, 0.1) is 6.92 Å². The van der Waals surface area contributed by atoms with Gasteiger partial charge in [-0.25, -0.2) is 4.79 Å². The summed E-state index contributed by atoms with van der Waals surface area (Å²) in [6, 6.07) is 12.6. The van der Waals surface area contributed by atoms with Crippen LogP contribution in [0.1, 0.15) is 40.4 Å². The van der Waals surface area contributed by atoms with Gasteiger partial charge in [-0.3, -0.25) is 4.79 Å². The highest BCUT2D eigenvalue weighted by molar-refractivity contribution is 5.89. The van der Waals surface area contributed by atoms with Crippen molar-refractivity contribution in [3.05, 3.63) is 64.7 Å². The molecule has 25 heavy (non-hydrogen) atoms. The maximum atomic E-state index is 12.1. The zero-order chi connectivity index (χ0) is 18.2. The molecule has 0 unspecified atom stereocenters. The number of hydrogen-bond acceptors (Lipinski definition) is 3. The van der Waals surface area contributed by atoms with E-state index in [0.29, 0.717) is 25.1 Å². The molecule has 0 aromatic heterocycles. The molecule has 0 aliphatic rings. The van der Waals surface area contributed by atoms with Gasteiger partial charge in [0.25, 0.3) is 0 Å². The van der Waals surface area contributed by atoms with Gasteiger partial charge in [0.05, 0.1) is 12.2 Å². The average molecular weight is 341 g/mol. The van der Waals surface area contributed by atoms with Gasteiger partial charge < -0.3 is 15.2 Å². The van der Waals surface area contributed by atoms with Crippen LogP contribution in [0.25, 0.3) is 0 Å². The molecule has 0 saturated heterocycles. The minimum absolute atomic E-state index is 0.122. The lowest BCUT2D eigenvalue weighted by atomic mass is 10.0. The molecule has 2 aromatic rings. The van der Waals surface area contributed by atoms with E-state index in [2.05, 4.69) is 5.32 Å². The standard InChI is InChI=1S/C20H23NO4/c1-3-25-18-12-14(2)8-9-16(18)13-21-19(22)11-10-15-6-4-5-7-17(15)20(23)24/h4-9,12H,3,10-11,13H2,1-2H3,(H,21,22)(H,23,24). The Bertz CT molecular complexity index is 755. The Kier molecular flexibility index (Phi) is 6.57. The monoisotopic (exact) mass is 341 g/mol. The summed E-state index contributed by atoms with van der Waals surface area (Å²) >= 11 is 0. The van der Waals surface area contributed by atoms with Gasteiger partial charge in [0, 0.05) is 18.5 Å². The minimum atomic E-state index is -0.975. The number of carbonyl (C=O) groups is 2. The summed E-state index contributed by atoms with van der Waals surface area (Å²) < 4.78 is 5.60. The molecule has 2 rings (SSSR count). The van der Waals surface area contributed by atoms with Gasteiger partial charge in [0.2, 0.25) is 5.91 Å². The van der Waals surface area contributed by atoms with Crippen molar-refractivity contribution in [2.75, 3.05) is 6.61 Å². The second kappa shape index (κ2) is 8.87. The number of rotatable bonds is 8. The van der Waals surface area contributed by atoms with Gasteiger partial charge in [-0.05, 0) is 43.5 Å². The minimum Gasteiger partial charge on any atom is -0.494 e. The number of amides is 1. The van der Waals surface area contributed by atoms with Crippen molar-refractivity contribution in [3.8, 4) is 5.75 Å². The number of benzene rings is 2. The van der Waals surface area contributed by atoms with Crippen molar-refractivity contribution in [1.29, 1.82) is 0 Å². The van der Waals surface area contributed by atoms with E-state index in [0.717, 1.165) is 16.9 Å². The van der Waals surface area contributed by atoms with E-state index in [1.165, 1.54) is 0 Å². The summed E-state index contributed by atoms with van der Waals surface area (Å²) in [5.74, 6) is -0.320. The second-order valence-corrected chi connectivity index (χ2v) is 5.78. The number of carboxylic acids is 1. The Balaban J connectivity index is 1.93. The maximum Gasteiger partial charge on any atom is 0.335 e. The average Bonchev–Trinajstić information content (AvgIpc) is 2.59. The number of nitrogens with one attached hydrogen (secondary N) is 1. The zero-order valence-corrected chi connectivity index (χ0v) is 14.5. The van der Waals surface area contributed by atoms with Crippen LogP contribution in [0.5, 0.6) is 5.75 Å². The molecule has 2 aromatic carbocycles. The quantitative estimate of drug-likeness (QED) is 0.772. The van der Waals surface area contributed by atoms with Crippen LogP contribution < -0.4 is 10.1 Å². The molecule has 0 aliphatic carbocycles. The number of hydrogen-bond donors (Lipinski definition) is 2. The van der Waals surface area contributed by atoms with Crippen molar-refractivity contribution >= 4 is 11.9 Å². The van der Waals surface area contributed by atoms with E-state index in [-0.39, 0.29) is 17.9 Å². The van der Waals surface area contributed by atoms with Crippen LogP contribution in [0.4, 0.5) is 0 Å². The largest absolute Gasteiger partial charge is 0.494 e. The first-order valence-corrected chi connectivity index (χ1v) is 8.31. The van der Waals surface area contributed by atoms with Gasteiger partial charge in [-0.1, -0.05) is 30.3 Å². The number of carboxylic acid groups (broad SMARTS) is 1. The highest BCUT2D eigenvalue weighted by Crippen LogP contribution is 2.20. The second-order valence-electron chi connectivity index (χ2n) is 5.78. The van der Waals surface area contributed by atoms with Gasteiger partial charge in [0.1, 0.15) is 5.75 Å². The van der Waals surface area contributed by atoms with E-state index >= 15 is 0 Å². The van der Waals surface area contributed by atoms with Crippen molar-refractivity contribution in [3.63, 3.8) is 0 Å². The predicted molar refractivity (Wildman–Crippen MR) is 95.9 cm³/mol. The molecule has 5 heteroatoms. The smallest absolute Gasteiger partial charge is 0.335 e. The van der Waals surface area contributed by atoms with Crippen LogP contribution in [0.3, 0.4) is 0 Å². The van der Waals surface area contributed by atoms with Crippen LogP contribution in [0.15, 0.2) is 42.5 Å². The number of carbonyl (C=O) groups excluding carboxylic acids is 1. The van der Waals surface area contributed by atoms with Crippen LogP contribution >= 0.6 is 0 Å². The van der Waals surface area contributed by atoms with E-state index in [1.54, 1.807) is 24.3 Å². The summed E-state index contributed by atoms with van der Waals surface area (Å²) in [5.41, 5.74) is 2.93. The Hall–Kier alpha value is -2.82. The van der Waals surface area contributed by atoms with Crippen molar-refractivity contribution < 1.29 is 19.4 Å². The number of ether oxygens (including phenoxy) is 1. The fourth-order valence-corrected chi connectivity index (χ4v) is 2.58. The highest BCUT2D eigenvalue weighted by atomic mass is 16.5. The summed E-state index contributed by atoms with van der Waals surface area (Å²) in [4.78, 5) is 23.3. The van der Waals surface area contributed by atoms with Gasteiger partial charge in [-0.2, -0.15) is 0 Å². The van der Waals surface area contributed by atoms with Gasteiger partial charge in [-0.15, -0.1) is 0 Å². The zero-order valence-electron chi connectivity index (χ0n) is 14.5. The third-order valence-corrected chi connectivity index (χ3v) is 3.87. The molecule has 0 atom stereocenters. The van der Waals surface area contributed by atoms with Gasteiger partial charge in [0.15, 0.2) is 0 Å². The van der Waals surface area contributed by atoms with Crippen molar-refractivity contribution in [1.82, 2.24) is 5.32 Å². The third-order valence-electron chi connectivity index (χ3n) is 3.87. The normalized spacial score (nSPS) is 10.3. The van der Waals surface area contributed by atoms with Crippen LogP contribution in [-0.2, 0) is 17.8 Å². The fraction of sp³-hybridized carbons (Fsp3) is 0.300. The first kappa shape index (κ1) is 18.5. The molecular formula is C20H23NO4. The molecule has 0 saturated carbocycles. The first-order chi connectivity index (χ1) is 12.0. The molecule has 0 radical (unpaired) electrons. The predicted octanol–water partition coefficient (Wildman–Crippen LogP) is 3.34. The Labute approximate surface area is 147 Å². The summed E-state index contributed by atoms with van der Waals surface area (Å²) in [7, 11) is 0. The molecule has 0 bridgehead atoms. The lowest BCUT2D eigenvalue weighted by molar-refractivity contribution is -0.121. The van der Waals surface area contributed by atoms with E-state index < -0.39 is 5.97 Å². The van der Waals surface area contributed by atoms with Crippen molar-refractivity contribution in [2.24, 2.45) is 0 Å². The Morgan fingerprint density at radius 1 is 1.12 bits per heavy atom. The molecular weight excluding hydrogens is 318 g/mol. The molecule has 0 fully saturated rings. The first-order valence-electron chi connectivity index (χ1n) is 8.31. The number of aryl methyl sites for hydroxylation is 2. The van der Waals surface area contributed by atoms with E-state index in [1.807, 2.05) is 32.0 Å². The molecule has 0 aliphatic heterocycles.